The molecule has 0 fully saturated rings. The zero-order valence-electron chi connectivity index (χ0n) is 10.9. The third-order valence-corrected chi connectivity index (χ3v) is 3.76. The number of hydrogen-bond acceptors (Lipinski definition) is 4. The summed E-state index contributed by atoms with van der Waals surface area (Å²) in [7, 11) is -3.93. The number of aryl methyl sites for hydroxylation is 1. The van der Waals surface area contributed by atoms with E-state index in [9.17, 15) is 13.2 Å². The first-order valence-corrected chi connectivity index (χ1v) is 7.16. The van der Waals surface area contributed by atoms with Gasteiger partial charge in [-0.15, -0.1) is 6.58 Å². The summed E-state index contributed by atoms with van der Waals surface area (Å²) in [6, 6.07) is 6.22. The van der Waals surface area contributed by atoms with Gasteiger partial charge >= 0.3 is 0 Å². The van der Waals surface area contributed by atoms with E-state index in [1.807, 2.05) is 6.92 Å². The van der Waals surface area contributed by atoms with E-state index in [2.05, 4.69) is 11.9 Å². The summed E-state index contributed by atoms with van der Waals surface area (Å²) in [6.07, 6.45) is 0.408. The third-order valence-electron chi connectivity index (χ3n) is 2.37. The van der Waals surface area contributed by atoms with Crippen LogP contribution in [-0.2, 0) is 19.1 Å². The summed E-state index contributed by atoms with van der Waals surface area (Å²) < 4.78 is 28.7. The lowest BCUT2D eigenvalue weighted by molar-refractivity contribution is -0.126. The average molecular weight is 283 g/mol. The molecule has 1 atom stereocenters. The summed E-state index contributed by atoms with van der Waals surface area (Å²) in [5.74, 6) is -0.504. The molecule has 0 aliphatic heterocycles. The second-order valence-electron chi connectivity index (χ2n) is 4.04. The maximum Gasteiger partial charge on any atom is 0.297 e. The molecule has 0 radical (unpaired) electrons. The number of carbonyl (C=O) groups is 1. The van der Waals surface area contributed by atoms with Gasteiger partial charge in [-0.2, -0.15) is 8.42 Å². The molecule has 0 heterocycles. The lowest BCUT2D eigenvalue weighted by Crippen LogP contribution is -2.35. The third kappa shape index (κ3) is 4.50. The Bertz CT molecular complexity index is 549. The normalized spacial score (nSPS) is 12.7. The summed E-state index contributed by atoms with van der Waals surface area (Å²) >= 11 is 0. The zero-order chi connectivity index (χ0) is 14.5. The van der Waals surface area contributed by atoms with Crippen LogP contribution in [0.5, 0.6) is 0 Å². The van der Waals surface area contributed by atoms with Crippen molar-refractivity contribution in [1.82, 2.24) is 5.32 Å². The summed E-state index contributed by atoms with van der Waals surface area (Å²) in [4.78, 5) is 11.5. The van der Waals surface area contributed by atoms with Crippen LogP contribution in [0.25, 0.3) is 0 Å². The Morgan fingerprint density at radius 3 is 2.53 bits per heavy atom. The van der Waals surface area contributed by atoms with E-state index in [-0.39, 0.29) is 11.4 Å². The molecular formula is C13H17NO4S. The minimum atomic E-state index is -3.93. The molecule has 0 saturated heterocycles. The maximum atomic E-state index is 11.9. The molecule has 0 spiro atoms. The number of hydrogen-bond donors (Lipinski definition) is 1. The first-order valence-electron chi connectivity index (χ1n) is 5.75. The van der Waals surface area contributed by atoms with Crippen molar-refractivity contribution in [3.63, 3.8) is 0 Å². The van der Waals surface area contributed by atoms with Crippen LogP contribution < -0.4 is 5.32 Å². The van der Waals surface area contributed by atoms with Gasteiger partial charge in [0.15, 0.2) is 6.10 Å². The quantitative estimate of drug-likeness (QED) is 0.632. The van der Waals surface area contributed by atoms with Gasteiger partial charge < -0.3 is 5.32 Å². The standard InChI is InChI=1S/C13H17NO4S/c1-4-9-14-13(15)11(3)18-19(16,17)12-7-5-10(2)6-8-12/h4-8,11H,1,9H2,2-3H3,(H,14,15). The molecule has 0 aliphatic carbocycles. The van der Waals surface area contributed by atoms with Crippen LogP contribution in [0, 0.1) is 6.92 Å². The zero-order valence-corrected chi connectivity index (χ0v) is 11.7. The highest BCUT2D eigenvalue weighted by Gasteiger charge is 2.23. The maximum absolute atomic E-state index is 11.9. The highest BCUT2D eigenvalue weighted by atomic mass is 32.2. The van der Waals surface area contributed by atoms with Crippen LogP contribution in [0.3, 0.4) is 0 Å². The molecule has 1 aromatic rings. The molecule has 19 heavy (non-hydrogen) atoms. The molecule has 1 N–H and O–H groups in total. The number of nitrogens with one attached hydrogen (secondary N) is 1. The van der Waals surface area contributed by atoms with Crippen molar-refractivity contribution < 1.29 is 17.4 Å². The van der Waals surface area contributed by atoms with Crippen LogP contribution >= 0.6 is 0 Å². The van der Waals surface area contributed by atoms with Gasteiger partial charge in [0.1, 0.15) is 0 Å². The van der Waals surface area contributed by atoms with Gasteiger partial charge in [-0.05, 0) is 26.0 Å². The molecule has 6 heteroatoms. The van der Waals surface area contributed by atoms with Crippen LogP contribution in [0.1, 0.15) is 12.5 Å². The fourth-order valence-corrected chi connectivity index (χ4v) is 2.36. The van der Waals surface area contributed by atoms with Gasteiger partial charge in [0, 0.05) is 6.54 Å². The molecule has 0 aliphatic rings. The number of benzene rings is 1. The average Bonchev–Trinajstić information content (AvgIpc) is 2.35. The van der Waals surface area contributed by atoms with Gasteiger partial charge in [-0.1, -0.05) is 23.8 Å². The first-order chi connectivity index (χ1) is 8.86. The molecule has 0 saturated carbocycles. The highest BCUT2D eigenvalue weighted by Crippen LogP contribution is 2.15. The predicted molar refractivity (Wildman–Crippen MR) is 72.1 cm³/mol. The van der Waals surface area contributed by atoms with Crippen molar-refractivity contribution in [2.75, 3.05) is 6.54 Å². The van der Waals surface area contributed by atoms with Crippen LogP contribution in [0.15, 0.2) is 41.8 Å². The van der Waals surface area contributed by atoms with Crippen LogP contribution in [0.4, 0.5) is 0 Å². The van der Waals surface area contributed by atoms with E-state index >= 15 is 0 Å². The summed E-state index contributed by atoms with van der Waals surface area (Å²) in [6.45, 7) is 6.94. The number of amides is 1. The van der Waals surface area contributed by atoms with Gasteiger partial charge in [-0.3, -0.25) is 8.98 Å². The van der Waals surface area contributed by atoms with Crippen molar-refractivity contribution in [3.05, 3.63) is 42.5 Å². The van der Waals surface area contributed by atoms with E-state index in [4.69, 9.17) is 4.18 Å². The number of carbonyl (C=O) groups excluding carboxylic acids is 1. The van der Waals surface area contributed by atoms with E-state index in [1.165, 1.54) is 25.1 Å². The second kappa shape index (κ2) is 6.49. The van der Waals surface area contributed by atoms with Gasteiger partial charge in [-0.25, -0.2) is 0 Å². The Hall–Kier alpha value is -1.66. The van der Waals surface area contributed by atoms with Gasteiger partial charge in [0.2, 0.25) is 0 Å². The Morgan fingerprint density at radius 2 is 2.00 bits per heavy atom. The lowest BCUT2D eigenvalue weighted by atomic mass is 10.2. The molecular weight excluding hydrogens is 266 g/mol. The molecule has 1 rings (SSSR count). The molecule has 0 aromatic heterocycles. The minimum absolute atomic E-state index is 0.0291. The Labute approximate surface area is 113 Å². The van der Waals surface area contributed by atoms with E-state index < -0.39 is 22.1 Å². The predicted octanol–water partition coefficient (Wildman–Crippen LogP) is 1.39. The SMILES string of the molecule is C=CCNC(=O)C(C)OS(=O)(=O)c1ccc(C)cc1. The molecule has 1 unspecified atom stereocenters. The van der Waals surface area contributed by atoms with E-state index in [0.29, 0.717) is 0 Å². The molecule has 1 aromatic carbocycles. The Balaban J connectivity index is 2.76. The molecule has 5 nitrogen and oxygen atoms in total. The van der Waals surface area contributed by atoms with Crippen molar-refractivity contribution in [2.24, 2.45) is 0 Å². The Morgan fingerprint density at radius 1 is 1.42 bits per heavy atom. The fraction of sp³-hybridized carbons (Fsp3) is 0.308. The van der Waals surface area contributed by atoms with Gasteiger partial charge in [0.05, 0.1) is 4.90 Å². The van der Waals surface area contributed by atoms with Crippen molar-refractivity contribution in [2.45, 2.75) is 24.8 Å². The monoisotopic (exact) mass is 283 g/mol. The fourth-order valence-electron chi connectivity index (χ4n) is 1.31. The summed E-state index contributed by atoms with van der Waals surface area (Å²) in [5.41, 5.74) is 0.940. The van der Waals surface area contributed by atoms with Crippen molar-refractivity contribution in [3.8, 4) is 0 Å². The van der Waals surface area contributed by atoms with Crippen LogP contribution in [0.2, 0.25) is 0 Å². The molecule has 0 bridgehead atoms. The van der Waals surface area contributed by atoms with E-state index in [1.54, 1.807) is 12.1 Å². The largest absolute Gasteiger partial charge is 0.350 e. The second-order valence-corrected chi connectivity index (χ2v) is 5.61. The van der Waals surface area contributed by atoms with Gasteiger partial charge in [0.25, 0.3) is 16.0 Å². The summed E-state index contributed by atoms with van der Waals surface area (Å²) in [5, 5.41) is 2.47. The van der Waals surface area contributed by atoms with Crippen LogP contribution in [-0.4, -0.2) is 27.0 Å². The smallest absolute Gasteiger partial charge is 0.297 e. The first kappa shape index (κ1) is 15.4. The van der Waals surface area contributed by atoms with Crippen molar-refractivity contribution >= 4 is 16.0 Å². The molecule has 1 amide bonds. The number of rotatable bonds is 6. The lowest BCUT2D eigenvalue weighted by Gasteiger charge is -2.12. The molecule has 104 valence electrons. The minimum Gasteiger partial charge on any atom is -0.350 e. The Kier molecular flexibility index (Phi) is 5.26. The topological polar surface area (TPSA) is 72.5 Å². The van der Waals surface area contributed by atoms with E-state index in [0.717, 1.165) is 5.56 Å². The van der Waals surface area contributed by atoms with Crippen molar-refractivity contribution in [1.29, 1.82) is 0 Å². The highest BCUT2D eigenvalue weighted by molar-refractivity contribution is 7.86.